The first-order valence-corrected chi connectivity index (χ1v) is 4.19. The van der Waals surface area contributed by atoms with Gasteiger partial charge in [0, 0.05) is 6.07 Å². The molecule has 1 amide bonds. The molecule has 0 aliphatic rings. The van der Waals surface area contributed by atoms with Gasteiger partial charge in [0.05, 0.1) is 12.2 Å². The van der Waals surface area contributed by atoms with Gasteiger partial charge in [-0.3, -0.25) is 4.79 Å². The van der Waals surface area contributed by atoms with Crippen molar-refractivity contribution in [2.24, 2.45) is 0 Å². The van der Waals surface area contributed by atoms with Crippen LogP contribution in [-0.4, -0.2) is 31.7 Å². The minimum Gasteiger partial charge on any atom is -0.359 e. The summed E-state index contributed by atoms with van der Waals surface area (Å²) in [5.74, 6) is 0.147. The Bertz CT molecular complexity index is 448. The fraction of sp³-hybridized carbons (Fsp3) is 0.286. The first-order chi connectivity index (χ1) is 7.25. The van der Waals surface area contributed by atoms with Gasteiger partial charge >= 0.3 is 0 Å². The number of H-pyrrole nitrogens is 1. The highest BCUT2D eigenvalue weighted by Gasteiger charge is 2.10. The highest BCUT2D eigenvalue weighted by molar-refractivity contribution is 5.89. The number of nitrogens with one attached hydrogen (secondary N) is 2. The van der Waals surface area contributed by atoms with Gasteiger partial charge in [-0.2, -0.15) is 5.21 Å². The minimum absolute atomic E-state index is 0.00811. The molecule has 0 aliphatic carbocycles. The molecule has 2 aromatic rings. The molecule has 15 heavy (non-hydrogen) atoms. The lowest BCUT2D eigenvalue weighted by molar-refractivity contribution is 0.0936. The van der Waals surface area contributed by atoms with Crippen molar-refractivity contribution in [3.05, 3.63) is 23.3 Å². The summed E-state index contributed by atoms with van der Waals surface area (Å²) in [5, 5.41) is 18.7. The summed E-state index contributed by atoms with van der Waals surface area (Å²) in [6.07, 6.45) is 0. The van der Waals surface area contributed by atoms with E-state index in [1.807, 2.05) is 0 Å². The predicted molar refractivity (Wildman–Crippen MR) is 46.6 cm³/mol. The Labute approximate surface area is 84.0 Å². The van der Waals surface area contributed by atoms with Gasteiger partial charge in [-0.15, -0.1) is 10.2 Å². The first kappa shape index (κ1) is 9.31. The molecule has 0 saturated heterocycles. The van der Waals surface area contributed by atoms with Crippen LogP contribution in [0.25, 0.3) is 0 Å². The molecule has 0 atom stereocenters. The number of aromatic nitrogens is 5. The third kappa shape index (κ3) is 2.16. The van der Waals surface area contributed by atoms with E-state index in [-0.39, 0.29) is 12.4 Å². The molecule has 0 saturated carbocycles. The van der Waals surface area contributed by atoms with E-state index in [0.717, 1.165) is 5.69 Å². The Morgan fingerprint density at radius 1 is 1.67 bits per heavy atom. The second-order valence-corrected chi connectivity index (χ2v) is 2.85. The van der Waals surface area contributed by atoms with Crippen LogP contribution in [0.5, 0.6) is 0 Å². The van der Waals surface area contributed by atoms with E-state index in [2.05, 4.69) is 31.1 Å². The maximum absolute atomic E-state index is 11.3. The van der Waals surface area contributed by atoms with E-state index >= 15 is 0 Å². The van der Waals surface area contributed by atoms with Crippen LogP contribution in [0, 0.1) is 6.92 Å². The lowest BCUT2D eigenvalue weighted by Crippen LogP contribution is -2.23. The second kappa shape index (κ2) is 3.86. The van der Waals surface area contributed by atoms with Gasteiger partial charge in [0.2, 0.25) is 0 Å². The van der Waals surface area contributed by atoms with Gasteiger partial charge in [-0.25, -0.2) is 0 Å². The van der Waals surface area contributed by atoms with Crippen LogP contribution in [0.1, 0.15) is 22.1 Å². The molecule has 2 heterocycles. The van der Waals surface area contributed by atoms with Crippen molar-refractivity contribution in [3.63, 3.8) is 0 Å². The standard InChI is InChI=1S/C7H8N6O2/c1-4-2-5(15-11-4)3-8-7(14)6-9-12-13-10-6/h2H,3H2,1H3,(H,8,14)(H,9,10,12,13). The molecule has 0 radical (unpaired) electrons. The number of rotatable bonds is 3. The topological polar surface area (TPSA) is 110 Å². The Hall–Kier alpha value is -2.25. The van der Waals surface area contributed by atoms with Gasteiger partial charge < -0.3 is 9.84 Å². The van der Waals surface area contributed by atoms with E-state index in [4.69, 9.17) is 4.52 Å². The molecule has 8 nitrogen and oxygen atoms in total. The number of aryl methyl sites for hydroxylation is 1. The highest BCUT2D eigenvalue weighted by atomic mass is 16.5. The average molecular weight is 208 g/mol. The molecule has 0 aromatic carbocycles. The number of hydrogen-bond donors (Lipinski definition) is 2. The maximum Gasteiger partial charge on any atom is 0.293 e. The summed E-state index contributed by atoms with van der Waals surface area (Å²) in [4.78, 5) is 11.3. The van der Waals surface area contributed by atoms with Crippen molar-refractivity contribution in [2.45, 2.75) is 13.5 Å². The number of aromatic amines is 1. The van der Waals surface area contributed by atoms with E-state index in [1.165, 1.54) is 0 Å². The summed E-state index contributed by atoms with van der Waals surface area (Å²) in [7, 11) is 0. The third-order valence-corrected chi connectivity index (χ3v) is 1.65. The summed E-state index contributed by atoms with van der Waals surface area (Å²) in [5.41, 5.74) is 0.763. The molecule has 8 heteroatoms. The van der Waals surface area contributed by atoms with Crippen molar-refractivity contribution < 1.29 is 9.32 Å². The van der Waals surface area contributed by atoms with Crippen LogP contribution < -0.4 is 5.32 Å². The molecule has 0 fully saturated rings. The minimum atomic E-state index is -0.419. The summed E-state index contributed by atoms with van der Waals surface area (Å²) in [6.45, 7) is 2.04. The zero-order valence-corrected chi connectivity index (χ0v) is 7.89. The van der Waals surface area contributed by atoms with Crippen LogP contribution in [0.3, 0.4) is 0 Å². The molecule has 0 unspecified atom stereocenters. The van der Waals surface area contributed by atoms with Gasteiger partial charge in [0.25, 0.3) is 11.7 Å². The molecule has 2 N–H and O–H groups in total. The van der Waals surface area contributed by atoms with E-state index in [1.54, 1.807) is 13.0 Å². The smallest absolute Gasteiger partial charge is 0.293 e. The largest absolute Gasteiger partial charge is 0.359 e. The van der Waals surface area contributed by atoms with E-state index < -0.39 is 5.91 Å². The number of amides is 1. The van der Waals surface area contributed by atoms with Crippen molar-refractivity contribution in [1.82, 2.24) is 31.1 Å². The number of hydrogen-bond acceptors (Lipinski definition) is 6. The SMILES string of the molecule is Cc1cc(CNC(=O)c2nn[nH]n2)on1. The molecular formula is C7H8N6O2. The fourth-order valence-electron chi connectivity index (χ4n) is 1.00. The van der Waals surface area contributed by atoms with Crippen LogP contribution in [-0.2, 0) is 6.54 Å². The normalized spacial score (nSPS) is 10.2. The predicted octanol–water partition coefficient (Wildman–Crippen LogP) is -0.574. The van der Waals surface area contributed by atoms with Crippen molar-refractivity contribution in [1.29, 1.82) is 0 Å². The fourth-order valence-corrected chi connectivity index (χ4v) is 1.00. The lowest BCUT2D eigenvalue weighted by Gasteiger charge is -1.96. The van der Waals surface area contributed by atoms with E-state index in [9.17, 15) is 4.79 Å². The van der Waals surface area contributed by atoms with Gasteiger partial charge in [-0.05, 0) is 12.1 Å². The zero-order valence-electron chi connectivity index (χ0n) is 7.89. The Balaban J connectivity index is 1.91. The molecule has 2 rings (SSSR count). The highest BCUT2D eigenvalue weighted by Crippen LogP contribution is 2.01. The third-order valence-electron chi connectivity index (χ3n) is 1.65. The van der Waals surface area contributed by atoms with Crippen molar-refractivity contribution in [3.8, 4) is 0 Å². The Kier molecular flexibility index (Phi) is 2.40. The number of carbonyl (C=O) groups is 1. The van der Waals surface area contributed by atoms with Gasteiger partial charge in [0.15, 0.2) is 5.76 Å². The van der Waals surface area contributed by atoms with Gasteiger partial charge in [-0.1, -0.05) is 5.16 Å². The summed E-state index contributed by atoms with van der Waals surface area (Å²) in [6, 6.07) is 1.73. The monoisotopic (exact) mass is 208 g/mol. The Morgan fingerprint density at radius 2 is 2.53 bits per heavy atom. The molecule has 0 spiro atoms. The summed E-state index contributed by atoms with van der Waals surface area (Å²) >= 11 is 0. The van der Waals surface area contributed by atoms with Crippen LogP contribution in [0.15, 0.2) is 10.6 Å². The summed E-state index contributed by atoms with van der Waals surface area (Å²) < 4.78 is 4.90. The van der Waals surface area contributed by atoms with Crippen molar-refractivity contribution >= 4 is 5.91 Å². The maximum atomic E-state index is 11.3. The molecular weight excluding hydrogens is 200 g/mol. The quantitative estimate of drug-likeness (QED) is 0.698. The molecule has 0 bridgehead atoms. The number of carbonyl (C=O) groups excluding carboxylic acids is 1. The number of nitrogens with zero attached hydrogens (tertiary/aromatic N) is 4. The molecule has 78 valence electrons. The van der Waals surface area contributed by atoms with Crippen LogP contribution >= 0.6 is 0 Å². The Morgan fingerprint density at radius 3 is 3.13 bits per heavy atom. The average Bonchev–Trinajstić information content (AvgIpc) is 2.84. The first-order valence-electron chi connectivity index (χ1n) is 4.19. The zero-order chi connectivity index (χ0) is 10.7. The van der Waals surface area contributed by atoms with Crippen LogP contribution in [0.2, 0.25) is 0 Å². The van der Waals surface area contributed by atoms with Gasteiger partial charge in [0.1, 0.15) is 0 Å². The van der Waals surface area contributed by atoms with E-state index in [0.29, 0.717) is 5.76 Å². The van der Waals surface area contributed by atoms with Crippen molar-refractivity contribution in [2.75, 3.05) is 0 Å². The van der Waals surface area contributed by atoms with Crippen LogP contribution in [0.4, 0.5) is 0 Å². The molecule has 2 aromatic heterocycles. The number of tetrazole rings is 1. The lowest BCUT2D eigenvalue weighted by atomic mass is 10.4. The second-order valence-electron chi connectivity index (χ2n) is 2.85. The molecule has 0 aliphatic heterocycles.